The molecule has 7 nitrogen and oxygen atoms in total. The first-order valence-electron chi connectivity index (χ1n) is 11.8. The van der Waals surface area contributed by atoms with Gasteiger partial charge in [0.05, 0.1) is 11.0 Å². The number of nitrogens with one attached hydrogen (secondary N) is 1. The number of phenols is 1. The van der Waals surface area contributed by atoms with E-state index in [0.717, 1.165) is 29.7 Å². The van der Waals surface area contributed by atoms with Crippen molar-refractivity contribution in [3.8, 4) is 11.5 Å². The summed E-state index contributed by atoms with van der Waals surface area (Å²) in [6.45, 7) is 0.820. The molecule has 4 N–H and O–H groups in total. The van der Waals surface area contributed by atoms with Gasteiger partial charge in [-0.25, -0.2) is 0 Å². The standard InChI is InChI=1S/C26H30N2O5.2ClH/c1-28-12-11-25-21-16-7-8-19(29)22(21)33-23(25)17(9-10-26(25,32)20(28)14-16)27-18(24(30)31)13-15-5-3-2-4-6-15;;/h2-8,17-18,20,23,27,29,32H,9-14H2,1H3,(H,30,31);2*1H/t17?,18-,20+,23?,25-,26+;;/m0../s1. The monoisotopic (exact) mass is 522 g/mol. The Morgan fingerprint density at radius 3 is 2.66 bits per heavy atom. The van der Waals surface area contributed by atoms with Crippen LogP contribution in [0.1, 0.15) is 36.0 Å². The average Bonchev–Trinajstić information content (AvgIpc) is 3.16. The SMILES string of the molecule is CN1CC[C@]23c4c5ccc(O)c4OC2C(N[C@@H](Cc2ccccc2)C(=O)O)CC[C@@]3(O)[C@H]1C5.Cl.Cl. The number of aliphatic carboxylic acids is 1. The second-order valence-electron chi connectivity index (χ2n) is 10.2. The molecular formula is C26H32Cl2N2O5. The van der Waals surface area contributed by atoms with Crippen molar-refractivity contribution in [1.82, 2.24) is 10.2 Å². The van der Waals surface area contributed by atoms with Gasteiger partial charge >= 0.3 is 5.97 Å². The number of hydrogen-bond acceptors (Lipinski definition) is 6. The van der Waals surface area contributed by atoms with Gasteiger partial charge in [0.2, 0.25) is 0 Å². The number of halogens is 2. The summed E-state index contributed by atoms with van der Waals surface area (Å²) < 4.78 is 6.47. The third-order valence-corrected chi connectivity index (χ3v) is 8.73. The normalized spacial score (nSPS) is 32.9. The molecule has 6 atom stereocenters. The Morgan fingerprint density at radius 2 is 1.94 bits per heavy atom. The van der Waals surface area contributed by atoms with Crippen molar-refractivity contribution in [2.24, 2.45) is 0 Å². The van der Waals surface area contributed by atoms with Crippen molar-refractivity contribution >= 4 is 30.8 Å². The highest BCUT2D eigenvalue weighted by Crippen LogP contribution is 2.65. The fourth-order valence-corrected chi connectivity index (χ4v) is 7.25. The van der Waals surface area contributed by atoms with E-state index in [-0.39, 0.29) is 42.6 Å². The molecule has 190 valence electrons. The molecule has 1 saturated carbocycles. The molecule has 0 radical (unpaired) electrons. The summed E-state index contributed by atoms with van der Waals surface area (Å²) in [5.74, 6) is -0.334. The van der Waals surface area contributed by atoms with Gasteiger partial charge in [0, 0.05) is 17.6 Å². The van der Waals surface area contributed by atoms with Gasteiger partial charge in [-0.3, -0.25) is 10.1 Å². The van der Waals surface area contributed by atoms with Crippen LogP contribution in [0.4, 0.5) is 0 Å². The number of rotatable bonds is 5. The zero-order valence-corrected chi connectivity index (χ0v) is 21.1. The molecule has 2 bridgehead atoms. The van der Waals surface area contributed by atoms with Crippen LogP contribution in [0.2, 0.25) is 0 Å². The number of likely N-dealkylation sites (tertiary alicyclic amines) is 1. The molecule has 2 aliphatic carbocycles. The Kier molecular flexibility index (Phi) is 6.79. The molecular weight excluding hydrogens is 491 g/mol. The number of piperidine rings is 1. The Labute approximate surface area is 217 Å². The van der Waals surface area contributed by atoms with E-state index in [2.05, 4.69) is 17.3 Å². The molecule has 6 rings (SSSR count). The highest BCUT2D eigenvalue weighted by atomic mass is 35.5. The van der Waals surface area contributed by atoms with Crippen molar-refractivity contribution in [3.05, 3.63) is 59.2 Å². The topological polar surface area (TPSA) is 102 Å². The second kappa shape index (κ2) is 9.12. The molecule has 35 heavy (non-hydrogen) atoms. The Balaban J connectivity index is 0.00000144. The van der Waals surface area contributed by atoms with E-state index in [1.165, 1.54) is 0 Å². The molecule has 9 heteroatoms. The molecule has 2 aromatic carbocycles. The second-order valence-corrected chi connectivity index (χ2v) is 10.2. The minimum atomic E-state index is -0.979. The molecule has 1 saturated heterocycles. The van der Waals surface area contributed by atoms with E-state index in [4.69, 9.17) is 4.74 Å². The first-order chi connectivity index (χ1) is 15.8. The number of nitrogens with zero attached hydrogens (tertiary/aromatic N) is 1. The van der Waals surface area contributed by atoms with Crippen LogP contribution in [0, 0.1) is 0 Å². The average molecular weight is 523 g/mol. The van der Waals surface area contributed by atoms with E-state index in [1.807, 2.05) is 36.4 Å². The summed E-state index contributed by atoms with van der Waals surface area (Å²) in [7, 11) is 2.07. The predicted octanol–water partition coefficient (Wildman–Crippen LogP) is 2.67. The van der Waals surface area contributed by atoms with E-state index in [9.17, 15) is 20.1 Å². The predicted molar refractivity (Wildman–Crippen MR) is 136 cm³/mol. The van der Waals surface area contributed by atoms with Crippen molar-refractivity contribution < 1.29 is 24.9 Å². The van der Waals surface area contributed by atoms with Crippen LogP contribution in [0.25, 0.3) is 0 Å². The van der Waals surface area contributed by atoms with Crippen molar-refractivity contribution in [2.45, 2.75) is 67.3 Å². The number of ether oxygens (including phenoxy) is 1. The fourth-order valence-electron chi connectivity index (χ4n) is 7.25. The molecule has 4 aliphatic rings. The van der Waals surface area contributed by atoms with E-state index in [1.54, 1.807) is 6.07 Å². The van der Waals surface area contributed by atoms with Crippen LogP contribution in [0.3, 0.4) is 0 Å². The Bertz CT molecular complexity index is 1120. The number of phenolic OH excluding ortho intramolecular Hbond substituents is 1. The lowest BCUT2D eigenvalue weighted by Crippen LogP contribution is -2.78. The zero-order valence-electron chi connectivity index (χ0n) is 19.5. The van der Waals surface area contributed by atoms with Gasteiger partial charge in [-0.1, -0.05) is 36.4 Å². The van der Waals surface area contributed by atoms with Gasteiger partial charge in [-0.2, -0.15) is 0 Å². The number of carbonyl (C=O) groups is 1. The number of benzene rings is 2. The summed E-state index contributed by atoms with van der Waals surface area (Å²) in [6, 6.07) is 12.2. The minimum absolute atomic E-state index is 0. The number of aliphatic hydroxyl groups is 1. The van der Waals surface area contributed by atoms with Gasteiger partial charge < -0.3 is 25.0 Å². The number of likely N-dealkylation sites (N-methyl/N-ethyl adjacent to an activating group) is 1. The lowest BCUT2D eigenvalue weighted by molar-refractivity contribution is -0.187. The summed E-state index contributed by atoms with van der Waals surface area (Å²) in [5.41, 5.74) is 1.38. The van der Waals surface area contributed by atoms with Gasteiger partial charge in [0.15, 0.2) is 11.5 Å². The molecule has 1 spiro atoms. The minimum Gasteiger partial charge on any atom is -0.504 e. The third-order valence-electron chi connectivity index (χ3n) is 8.73. The van der Waals surface area contributed by atoms with Crippen molar-refractivity contribution in [2.75, 3.05) is 13.6 Å². The lowest BCUT2D eigenvalue weighted by Gasteiger charge is -2.63. The quantitative estimate of drug-likeness (QED) is 0.478. The van der Waals surface area contributed by atoms with Gasteiger partial charge in [0.25, 0.3) is 0 Å². The highest BCUT2D eigenvalue weighted by molar-refractivity contribution is 5.85. The van der Waals surface area contributed by atoms with Crippen molar-refractivity contribution in [3.63, 3.8) is 0 Å². The number of carboxylic acid groups (broad SMARTS) is 1. The molecule has 2 aliphatic heterocycles. The number of aromatic hydroxyl groups is 1. The summed E-state index contributed by atoms with van der Waals surface area (Å²) in [5, 5.41) is 36.3. The number of hydrogen-bond donors (Lipinski definition) is 4. The van der Waals surface area contributed by atoms with Crippen LogP contribution in [-0.2, 0) is 23.1 Å². The van der Waals surface area contributed by atoms with Gasteiger partial charge in [-0.15, -0.1) is 24.8 Å². The number of carboxylic acids is 1. The van der Waals surface area contributed by atoms with Crippen LogP contribution in [0.15, 0.2) is 42.5 Å². The molecule has 0 amide bonds. The van der Waals surface area contributed by atoms with Crippen LogP contribution >= 0.6 is 24.8 Å². The van der Waals surface area contributed by atoms with E-state index < -0.39 is 29.1 Å². The van der Waals surface area contributed by atoms with E-state index in [0.29, 0.717) is 31.4 Å². The summed E-state index contributed by atoms with van der Waals surface area (Å²) in [4.78, 5) is 14.4. The molecule has 2 aromatic rings. The van der Waals surface area contributed by atoms with Gasteiger partial charge in [-0.05, 0) is 62.9 Å². The first kappa shape index (κ1) is 26.0. The Hall–Kier alpha value is -2.03. The first-order valence-corrected chi connectivity index (χ1v) is 11.8. The zero-order chi connectivity index (χ0) is 23.0. The maximum Gasteiger partial charge on any atom is 0.321 e. The smallest absolute Gasteiger partial charge is 0.321 e. The lowest BCUT2D eigenvalue weighted by atomic mass is 9.48. The third kappa shape index (κ3) is 3.55. The van der Waals surface area contributed by atoms with E-state index >= 15 is 0 Å². The molecule has 0 aromatic heterocycles. The van der Waals surface area contributed by atoms with Crippen LogP contribution in [0.5, 0.6) is 11.5 Å². The van der Waals surface area contributed by atoms with Crippen molar-refractivity contribution in [1.29, 1.82) is 0 Å². The highest BCUT2D eigenvalue weighted by Gasteiger charge is 2.72. The maximum absolute atomic E-state index is 12.2. The molecule has 2 heterocycles. The molecule has 2 fully saturated rings. The van der Waals surface area contributed by atoms with Crippen LogP contribution in [-0.4, -0.2) is 69.6 Å². The maximum atomic E-state index is 12.2. The fraction of sp³-hybridized carbons (Fsp3) is 0.500. The van der Waals surface area contributed by atoms with Gasteiger partial charge in [0.1, 0.15) is 12.1 Å². The summed E-state index contributed by atoms with van der Waals surface area (Å²) >= 11 is 0. The molecule has 2 unspecified atom stereocenters. The Morgan fingerprint density at radius 1 is 1.20 bits per heavy atom. The van der Waals surface area contributed by atoms with Crippen LogP contribution < -0.4 is 10.1 Å². The largest absolute Gasteiger partial charge is 0.504 e. The summed E-state index contributed by atoms with van der Waals surface area (Å²) in [6.07, 6.45) is 2.52.